The minimum atomic E-state index is -0.501. The molecule has 3 heterocycles. The third kappa shape index (κ3) is 2.81. The van der Waals surface area contributed by atoms with Crippen LogP contribution in [0.5, 0.6) is 0 Å². The molecule has 0 radical (unpaired) electrons. The molecule has 0 aliphatic carbocycles. The van der Waals surface area contributed by atoms with E-state index in [0.29, 0.717) is 36.8 Å². The van der Waals surface area contributed by atoms with Gasteiger partial charge in [-0.25, -0.2) is 0 Å². The lowest BCUT2D eigenvalue weighted by atomic mass is 9.60. The molecule has 0 bridgehead atoms. The number of carbonyl (C=O) groups excluding carboxylic acids is 3. The molecule has 1 aromatic carbocycles. The van der Waals surface area contributed by atoms with Gasteiger partial charge in [0, 0.05) is 62.7 Å². The van der Waals surface area contributed by atoms with Gasteiger partial charge in [-0.2, -0.15) is 0 Å². The van der Waals surface area contributed by atoms with Crippen LogP contribution in [0.25, 0.3) is 0 Å². The van der Waals surface area contributed by atoms with Gasteiger partial charge in [-0.15, -0.1) is 0 Å². The van der Waals surface area contributed by atoms with Crippen molar-refractivity contribution in [1.82, 2.24) is 14.7 Å². The Balaban J connectivity index is 1.57. The first-order chi connectivity index (χ1) is 13.3. The number of carbonyl (C=O) groups is 3. The van der Waals surface area contributed by atoms with E-state index in [1.165, 1.54) is 0 Å². The van der Waals surface area contributed by atoms with Gasteiger partial charge in [0.25, 0.3) is 5.91 Å². The average Bonchev–Trinajstić information content (AvgIpc) is 3.15. The molecule has 0 N–H and O–H groups in total. The number of piperidine rings is 1. The van der Waals surface area contributed by atoms with E-state index < -0.39 is 5.41 Å². The fourth-order valence-electron chi connectivity index (χ4n) is 5.44. The van der Waals surface area contributed by atoms with Crippen molar-refractivity contribution in [1.29, 1.82) is 0 Å². The highest BCUT2D eigenvalue weighted by Crippen LogP contribution is 2.57. The van der Waals surface area contributed by atoms with Crippen molar-refractivity contribution in [2.24, 2.45) is 10.8 Å². The normalized spacial score (nSPS) is 26.5. The standard InChI is InChI=1S/C21H26ClN3O3/c1-15(26)25-13-20(21(14-25)8-9-23(2)19(21)28)6-10-24(11-7-20)18(27)16-4-3-5-17(22)12-16/h3-5,12H,6-11,13-14H2,1-2H3/t21-/m1/s1. The summed E-state index contributed by atoms with van der Waals surface area (Å²) in [5.74, 6) is 0.157. The maximum atomic E-state index is 13.1. The van der Waals surface area contributed by atoms with Crippen LogP contribution in [0, 0.1) is 10.8 Å². The van der Waals surface area contributed by atoms with Crippen molar-refractivity contribution in [3.05, 3.63) is 34.9 Å². The van der Waals surface area contributed by atoms with E-state index in [1.807, 2.05) is 16.8 Å². The molecule has 3 fully saturated rings. The first-order valence-electron chi connectivity index (χ1n) is 9.84. The summed E-state index contributed by atoms with van der Waals surface area (Å²) in [5.41, 5.74) is -0.156. The molecule has 3 aliphatic rings. The number of benzene rings is 1. The molecule has 4 rings (SSSR count). The number of amides is 3. The quantitative estimate of drug-likeness (QED) is 0.722. The number of fused-ring (bicyclic) bond motifs is 1. The van der Waals surface area contributed by atoms with Crippen LogP contribution in [0.2, 0.25) is 5.02 Å². The van der Waals surface area contributed by atoms with E-state index in [0.717, 1.165) is 25.8 Å². The minimum absolute atomic E-state index is 0.0241. The predicted molar refractivity (Wildman–Crippen MR) is 106 cm³/mol. The Kier molecular flexibility index (Phi) is 4.65. The monoisotopic (exact) mass is 403 g/mol. The zero-order valence-corrected chi connectivity index (χ0v) is 17.2. The van der Waals surface area contributed by atoms with Crippen LogP contribution in [0.1, 0.15) is 36.5 Å². The maximum Gasteiger partial charge on any atom is 0.253 e. The first-order valence-corrected chi connectivity index (χ1v) is 10.2. The van der Waals surface area contributed by atoms with Crippen LogP contribution in [-0.4, -0.2) is 72.2 Å². The van der Waals surface area contributed by atoms with Crippen LogP contribution in [0.3, 0.4) is 0 Å². The predicted octanol–water partition coefficient (Wildman–Crippen LogP) is 2.27. The van der Waals surface area contributed by atoms with Crippen molar-refractivity contribution < 1.29 is 14.4 Å². The zero-order chi connectivity index (χ0) is 20.1. The van der Waals surface area contributed by atoms with Crippen molar-refractivity contribution in [3.63, 3.8) is 0 Å². The number of halogens is 1. The van der Waals surface area contributed by atoms with E-state index in [4.69, 9.17) is 11.6 Å². The lowest BCUT2D eigenvalue weighted by Crippen LogP contribution is -2.53. The number of hydrogen-bond acceptors (Lipinski definition) is 3. The fraction of sp³-hybridized carbons (Fsp3) is 0.571. The van der Waals surface area contributed by atoms with E-state index in [1.54, 1.807) is 36.1 Å². The van der Waals surface area contributed by atoms with Crippen LogP contribution in [-0.2, 0) is 9.59 Å². The van der Waals surface area contributed by atoms with E-state index in [-0.39, 0.29) is 23.1 Å². The van der Waals surface area contributed by atoms with Crippen molar-refractivity contribution in [2.75, 3.05) is 39.8 Å². The van der Waals surface area contributed by atoms with Gasteiger partial charge in [0.15, 0.2) is 0 Å². The van der Waals surface area contributed by atoms with Gasteiger partial charge in [-0.1, -0.05) is 17.7 Å². The van der Waals surface area contributed by atoms with Crippen molar-refractivity contribution in [3.8, 4) is 0 Å². The smallest absolute Gasteiger partial charge is 0.253 e. The van der Waals surface area contributed by atoms with Gasteiger partial charge < -0.3 is 14.7 Å². The number of nitrogens with zero attached hydrogens (tertiary/aromatic N) is 3. The summed E-state index contributed by atoms with van der Waals surface area (Å²) < 4.78 is 0. The molecule has 1 atom stereocenters. The topological polar surface area (TPSA) is 60.9 Å². The SMILES string of the molecule is CC(=O)N1CC2(CCN(C(=O)c3cccc(Cl)c3)CC2)[C@]2(CCN(C)C2=O)C1. The molecule has 2 spiro atoms. The highest BCUT2D eigenvalue weighted by Gasteiger charge is 2.65. The highest BCUT2D eigenvalue weighted by molar-refractivity contribution is 6.30. The molecule has 0 aromatic heterocycles. The van der Waals surface area contributed by atoms with Crippen molar-refractivity contribution in [2.45, 2.75) is 26.2 Å². The highest BCUT2D eigenvalue weighted by atomic mass is 35.5. The summed E-state index contributed by atoms with van der Waals surface area (Å²) in [4.78, 5) is 43.6. The Morgan fingerprint density at radius 3 is 2.32 bits per heavy atom. The number of rotatable bonds is 1. The molecule has 3 saturated heterocycles. The molecular formula is C21H26ClN3O3. The van der Waals surface area contributed by atoms with Gasteiger partial charge in [0.1, 0.15) is 0 Å². The summed E-state index contributed by atoms with van der Waals surface area (Å²) in [6.45, 7) is 4.62. The molecule has 1 aromatic rings. The third-order valence-corrected chi connectivity index (χ3v) is 7.36. The van der Waals surface area contributed by atoms with Crippen LogP contribution >= 0.6 is 11.6 Å². The van der Waals surface area contributed by atoms with Gasteiger partial charge in [0.05, 0.1) is 5.41 Å². The summed E-state index contributed by atoms with van der Waals surface area (Å²) in [5, 5.41) is 0.547. The van der Waals surface area contributed by atoms with Crippen LogP contribution in [0.15, 0.2) is 24.3 Å². The van der Waals surface area contributed by atoms with Crippen LogP contribution < -0.4 is 0 Å². The summed E-state index contributed by atoms with van der Waals surface area (Å²) >= 11 is 6.03. The lowest BCUT2D eigenvalue weighted by molar-refractivity contribution is -0.141. The largest absolute Gasteiger partial charge is 0.345 e. The minimum Gasteiger partial charge on any atom is -0.345 e. The molecule has 28 heavy (non-hydrogen) atoms. The molecule has 150 valence electrons. The Morgan fingerprint density at radius 2 is 1.75 bits per heavy atom. The number of hydrogen-bond donors (Lipinski definition) is 0. The molecule has 6 nitrogen and oxygen atoms in total. The average molecular weight is 404 g/mol. The molecule has 0 saturated carbocycles. The third-order valence-electron chi connectivity index (χ3n) is 7.12. The van der Waals surface area contributed by atoms with Crippen molar-refractivity contribution >= 4 is 29.3 Å². The summed E-state index contributed by atoms with van der Waals surface area (Å²) in [7, 11) is 1.85. The lowest BCUT2D eigenvalue weighted by Gasteiger charge is -2.46. The van der Waals surface area contributed by atoms with Gasteiger partial charge in [0.2, 0.25) is 11.8 Å². The second kappa shape index (κ2) is 6.76. The maximum absolute atomic E-state index is 13.1. The molecular weight excluding hydrogens is 378 g/mol. The summed E-state index contributed by atoms with van der Waals surface area (Å²) in [6, 6.07) is 7.01. The molecule has 3 amide bonds. The molecule has 7 heteroatoms. The second-order valence-electron chi connectivity index (χ2n) is 8.52. The number of likely N-dealkylation sites (tertiary alicyclic amines) is 3. The zero-order valence-electron chi connectivity index (χ0n) is 16.4. The molecule has 0 unspecified atom stereocenters. The Hall–Kier alpha value is -2.08. The second-order valence-corrected chi connectivity index (χ2v) is 8.95. The fourth-order valence-corrected chi connectivity index (χ4v) is 5.63. The van der Waals surface area contributed by atoms with Gasteiger partial charge in [-0.3, -0.25) is 14.4 Å². The van der Waals surface area contributed by atoms with E-state index in [9.17, 15) is 14.4 Å². The Morgan fingerprint density at radius 1 is 1.04 bits per heavy atom. The summed E-state index contributed by atoms with van der Waals surface area (Å²) in [6.07, 6.45) is 2.26. The van der Waals surface area contributed by atoms with Gasteiger partial charge >= 0.3 is 0 Å². The first kappa shape index (κ1) is 19.2. The van der Waals surface area contributed by atoms with E-state index in [2.05, 4.69) is 0 Å². The molecule has 3 aliphatic heterocycles. The van der Waals surface area contributed by atoms with Gasteiger partial charge in [-0.05, 0) is 37.5 Å². The van der Waals surface area contributed by atoms with Crippen LogP contribution in [0.4, 0.5) is 0 Å². The Bertz CT molecular complexity index is 834. The van der Waals surface area contributed by atoms with E-state index >= 15 is 0 Å². The Labute approximate surface area is 170 Å².